The lowest BCUT2D eigenvalue weighted by Crippen LogP contribution is -2.23. The molecule has 19 heavy (non-hydrogen) atoms. The van der Waals surface area contributed by atoms with Crippen molar-refractivity contribution in [3.63, 3.8) is 0 Å². The predicted molar refractivity (Wildman–Crippen MR) is 78.3 cm³/mol. The smallest absolute Gasteiger partial charge is 0.255 e. The van der Waals surface area contributed by atoms with Gasteiger partial charge in [-0.05, 0) is 18.2 Å². The molecule has 0 unspecified atom stereocenters. The van der Waals surface area contributed by atoms with Gasteiger partial charge in [0, 0.05) is 36.5 Å². The summed E-state index contributed by atoms with van der Waals surface area (Å²) in [4.78, 5) is 18.7. The lowest BCUT2D eigenvalue weighted by atomic mass is 10.1. The molecule has 1 aromatic carbocycles. The molecule has 0 atom stereocenters. The van der Waals surface area contributed by atoms with Gasteiger partial charge in [-0.3, -0.25) is 9.78 Å². The Hall–Kier alpha value is -2.08. The van der Waals surface area contributed by atoms with Crippen molar-refractivity contribution in [2.45, 2.75) is 6.54 Å². The van der Waals surface area contributed by atoms with E-state index < -0.39 is 0 Å². The van der Waals surface area contributed by atoms with Crippen molar-refractivity contribution in [1.29, 1.82) is 0 Å². The number of anilines is 2. The van der Waals surface area contributed by atoms with Gasteiger partial charge in [0.15, 0.2) is 0 Å². The topological polar surface area (TPSA) is 71.2 Å². The second-order valence-electron chi connectivity index (χ2n) is 4.33. The average Bonchev–Trinajstić information content (AvgIpc) is 2.88. The number of carbonyl (C=O) groups is 1. The maximum atomic E-state index is 12.1. The van der Waals surface area contributed by atoms with Gasteiger partial charge in [-0.25, -0.2) is 0 Å². The van der Waals surface area contributed by atoms with E-state index in [1.165, 1.54) is 0 Å². The van der Waals surface area contributed by atoms with Crippen LogP contribution in [0.1, 0.15) is 15.2 Å². The minimum Gasteiger partial charge on any atom is -0.399 e. The number of hydrogen-bond acceptors (Lipinski definition) is 5. The Kier molecular flexibility index (Phi) is 4.01. The third kappa shape index (κ3) is 3.23. The van der Waals surface area contributed by atoms with Crippen molar-refractivity contribution < 1.29 is 4.79 Å². The minimum atomic E-state index is -0.0493. The lowest BCUT2D eigenvalue weighted by Gasteiger charge is -2.15. The Morgan fingerprint density at radius 3 is 2.89 bits per heavy atom. The molecule has 0 aliphatic rings. The van der Waals surface area contributed by atoms with Crippen LogP contribution in [0.4, 0.5) is 11.4 Å². The summed E-state index contributed by atoms with van der Waals surface area (Å²) in [5, 5.41) is 3.24. The number of aromatic nitrogens is 1. The van der Waals surface area contributed by atoms with E-state index in [1.807, 2.05) is 0 Å². The largest absolute Gasteiger partial charge is 0.399 e. The number of benzene rings is 1. The number of nitrogens with two attached hydrogens (primary N) is 1. The maximum absolute atomic E-state index is 12.1. The molecule has 1 amide bonds. The summed E-state index contributed by atoms with van der Waals surface area (Å²) in [5.74, 6) is -0.0493. The first-order valence-electron chi connectivity index (χ1n) is 5.80. The van der Waals surface area contributed by atoms with Crippen LogP contribution < -0.4 is 11.1 Å². The fourth-order valence-electron chi connectivity index (χ4n) is 1.65. The van der Waals surface area contributed by atoms with Crippen LogP contribution in [0.5, 0.6) is 0 Å². The Morgan fingerprint density at radius 1 is 1.47 bits per heavy atom. The van der Waals surface area contributed by atoms with Gasteiger partial charge in [0.1, 0.15) is 0 Å². The molecule has 0 spiro atoms. The summed E-state index contributed by atoms with van der Waals surface area (Å²) in [6.45, 7) is 0.627. The summed E-state index contributed by atoms with van der Waals surface area (Å²) in [6, 6.07) is 5.25. The highest BCUT2D eigenvalue weighted by atomic mass is 32.1. The van der Waals surface area contributed by atoms with Gasteiger partial charge in [-0.15, -0.1) is 11.3 Å². The highest BCUT2D eigenvalue weighted by Gasteiger charge is 2.13. The molecule has 6 heteroatoms. The van der Waals surface area contributed by atoms with E-state index in [-0.39, 0.29) is 5.91 Å². The number of rotatable bonds is 4. The number of amides is 1. The molecule has 0 saturated carbocycles. The van der Waals surface area contributed by atoms with E-state index in [2.05, 4.69) is 10.3 Å². The van der Waals surface area contributed by atoms with Gasteiger partial charge in [-0.1, -0.05) is 0 Å². The molecule has 0 radical (unpaired) electrons. The molecule has 1 heterocycles. The zero-order valence-corrected chi connectivity index (χ0v) is 11.7. The van der Waals surface area contributed by atoms with Crippen LogP contribution in [-0.4, -0.2) is 29.9 Å². The molecule has 0 saturated heterocycles. The molecule has 0 aliphatic heterocycles. The van der Waals surface area contributed by atoms with Crippen LogP contribution in [0.25, 0.3) is 0 Å². The van der Waals surface area contributed by atoms with E-state index in [4.69, 9.17) is 5.73 Å². The van der Waals surface area contributed by atoms with Crippen LogP contribution in [0.2, 0.25) is 0 Å². The fourth-order valence-corrected chi connectivity index (χ4v) is 2.18. The molecule has 0 aliphatic carbocycles. The number of thiazole rings is 1. The van der Waals surface area contributed by atoms with Gasteiger partial charge in [0.2, 0.25) is 0 Å². The molecule has 3 N–H and O–H groups in total. The molecule has 0 bridgehead atoms. The van der Waals surface area contributed by atoms with E-state index in [0.29, 0.717) is 17.8 Å². The summed E-state index contributed by atoms with van der Waals surface area (Å²) >= 11 is 1.57. The Morgan fingerprint density at radius 2 is 2.26 bits per heavy atom. The van der Waals surface area contributed by atoms with Crippen molar-refractivity contribution >= 4 is 28.6 Å². The molecule has 2 rings (SSSR count). The molecular formula is C13H16N4OS. The Bertz CT molecular complexity index is 566. The molecule has 1 aromatic heterocycles. The number of carbonyl (C=O) groups excluding carboxylic acids is 1. The zero-order chi connectivity index (χ0) is 13.8. The molecular weight excluding hydrogens is 260 g/mol. The van der Waals surface area contributed by atoms with E-state index >= 15 is 0 Å². The second-order valence-corrected chi connectivity index (χ2v) is 5.30. The number of hydrogen-bond donors (Lipinski definition) is 2. The number of nitrogen functional groups attached to an aromatic ring is 1. The summed E-state index contributed by atoms with van der Waals surface area (Å²) in [7, 11) is 3.46. The molecule has 5 nitrogen and oxygen atoms in total. The maximum Gasteiger partial charge on any atom is 0.255 e. The van der Waals surface area contributed by atoms with Crippen molar-refractivity contribution in [2.75, 3.05) is 25.1 Å². The SMILES string of the molecule is CN(C)C(=O)c1ccc(N)cc1NCc1cncs1. The van der Waals surface area contributed by atoms with E-state index in [9.17, 15) is 4.79 Å². The van der Waals surface area contributed by atoms with Crippen LogP contribution in [0, 0.1) is 0 Å². The average molecular weight is 276 g/mol. The highest BCUT2D eigenvalue weighted by molar-refractivity contribution is 7.09. The third-order valence-electron chi connectivity index (χ3n) is 2.62. The normalized spacial score (nSPS) is 10.2. The number of nitrogens with zero attached hydrogens (tertiary/aromatic N) is 2. The first-order valence-corrected chi connectivity index (χ1v) is 6.68. The Balaban J connectivity index is 2.22. The summed E-state index contributed by atoms with van der Waals surface area (Å²) < 4.78 is 0. The van der Waals surface area contributed by atoms with Gasteiger partial charge in [0.05, 0.1) is 17.6 Å². The van der Waals surface area contributed by atoms with Crippen molar-refractivity contribution in [1.82, 2.24) is 9.88 Å². The van der Waals surface area contributed by atoms with E-state index in [0.717, 1.165) is 10.6 Å². The summed E-state index contributed by atoms with van der Waals surface area (Å²) in [5.41, 5.74) is 9.54. The van der Waals surface area contributed by atoms with Crippen molar-refractivity contribution in [3.8, 4) is 0 Å². The number of nitrogens with one attached hydrogen (secondary N) is 1. The van der Waals surface area contributed by atoms with Crippen molar-refractivity contribution in [2.24, 2.45) is 0 Å². The molecule has 2 aromatic rings. The van der Waals surface area contributed by atoms with Gasteiger partial charge in [0.25, 0.3) is 5.91 Å². The van der Waals surface area contributed by atoms with Crippen molar-refractivity contribution in [3.05, 3.63) is 40.3 Å². The van der Waals surface area contributed by atoms with Crippen LogP contribution in [-0.2, 0) is 6.54 Å². The fraction of sp³-hybridized carbons (Fsp3) is 0.231. The van der Waals surface area contributed by atoms with Gasteiger partial charge in [-0.2, -0.15) is 0 Å². The predicted octanol–water partition coefficient (Wildman–Crippen LogP) is 2.04. The van der Waals surface area contributed by atoms with Crippen LogP contribution in [0.3, 0.4) is 0 Å². The first-order chi connectivity index (χ1) is 9.08. The minimum absolute atomic E-state index is 0.0493. The zero-order valence-electron chi connectivity index (χ0n) is 10.9. The molecule has 100 valence electrons. The summed E-state index contributed by atoms with van der Waals surface area (Å²) in [6.07, 6.45) is 1.80. The molecule has 0 fully saturated rings. The second kappa shape index (κ2) is 5.71. The monoisotopic (exact) mass is 276 g/mol. The third-order valence-corrected chi connectivity index (χ3v) is 3.40. The van der Waals surface area contributed by atoms with Gasteiger partial charge < -0.3 is 16.0 Å². The van der Waals surface area contributed by atoms with E-state index in [1.54, 1.807) is 60.2 Å². The quantitative estimate of drug-likeness (QED) is 0.838. The van der Waals surface area contributed by atoms with Gasteiger partial charge >= 0.3 is 0 Å². The standard InChI is InChI=1S/C13H16N4OS/c1-17(2)13(18)11-4-3-9(14)5-12(11)16-7-10-6-15-8-19-10/h3-6,8,16H,7,14H2,1-2H3. The first kappa shape index (κ1) is 13.4. The lowest BCUT2D eigenvalue weighted by molar-refractivity contribution is 0.0828. The van der Waals surface area contributed by atoms with Crippen LogP contribution in [0.15, 0.2) is 29.9 Å². The highest BCUT2D eigenvalue weighted by Crippen LogP contribution is 2.21. The van der Waals surface area contributed by atoms with Crippen LogP contribution >= 0.6 is 11.3 Å². The Labute approximate surface area is 116 Å².